The maximum atomic E-state index is 12.2. The topological polar surface area (TPSA) is 84.3 Å². The van der Waals surface area contributed by atoms with Gasteiger partial charge in [0.1, 0.15) is 0 Å². The number of amides is 1. The van der Waals surface area contributed by atoms with Crippen LogP contribution < -0.4 is 9.62 Å². The van der Waals surface area contributed by atoms with Crippen LogP contribution in [-0.2, 0) is 21.9 Å². The van der Waals surface area contributed by atoms with Gasteiger partial charge in [0.05, 0.1) is 17.6 Å². The molecule has 1 atom stereocenters. The molecule has 1 N–H and O–H groups in total. The van der Waals surface area contributed by atoms with Crippen molar-refractivity contribution >= 4 is 21.6 Å². The van der Waals surface area contributed by atoms with Crippen molar-refractivity contribution < 1.29 is 13.2 Å². The summed E-state index contributed by atoms with van der Waals surface area (Å²) in [6.07, 6.45) is 9.03. The van der Waals surface area contributed by atoms with Crippen molar-refractivity contribution in [3.8, 4) is 0 Å². The summed E-state index contributed by atoms with van der Waals surface area (Å²) in [5.74, 6) is 0.639. The lowest BCUT2D eigenvalue weighted by Crippen LogP contribution is -2.38. The Labute approximate surface area is 137 Å². The molecule has 7 nitrogen and oxygen atoms in total. The van der Waals surface area contributed by atoms with Crippen molar-refractivity contribution in [1.29, 1.82) is 0 Å². The lowest BCUT2D eigenvalue weighted by molar-refractivity contribution is -0.117. The molecule has 2 fully saturated rings. The number of aromatic nitrogens is 2. The van der Waals surface area contributed by atoms with Crippen LogP contribution in [0.2, 0.25) is 0 Å². The molecule has 1 amide bonds. The van der Waals surface area contributed by atoms with E-state index >= 15 is 0 Å². The van der Waals surface area contributed by atoms with Crippen LogP contribution in [0.1, 0.15) is 38.5 Å². The summed E-state index contributed by atoms with van der Waals surface area (Å²) in [6, 6.07) is -0.351. The molecule has 23 heavy (non-hydrogen) atoms. The van der Waals surface area contributed by atoms with Gasteiger partial charge in [-0.05, 0) is 12.3 Å². The number of carbonyl (C=O) groups is 1. The number of hydrogen-bond acceptors (Lipinski definition) is 4. The minimum Gasteiger partial charge on any atom is -0.308 e. The van der Waals surface area contributed by atoms with Crippen molar-refractivity contribution in [2.75, 3.05) is 17.2 Å². The first-order valence-electron chi connectivity index (χ1n) is 8.22. The SMILES string of the molecule is Cn1cc(N2CC(NS(=O)(=O)CCC3CCCC3)CC2=O)cn1. The lowest BCUT2D eigenvalue weighted by atomic mass is 10.1. The highest BCUT2D eigenvalue weighted by atomic mass is 32.2. The van der Waals surface area contributed by atoms with Crippen LogP contribution in [0.25, 0.3) is 0 Å². The molecule has 1 aromatic heterocycles. The van der Waals surface area contributed by atoms with Crippen LogP contribution in [0.5, 0.6) is 0 Å². The Morgan fingerprint density at radius 2 is 2.09 bits per heavy atom. The number of nitrogens with one attached hydrogen (secondary N) is 1. The van der Waals surface area contributed by atoms with Gasteiger partial charge in [0.25, 0.3) is 0 Å². The van der Waals surface area contributed by atoms with Crippen molar-refractivity contribution in [3.63, 3.8) is 0 Å². The van der Waals surface area contributed by atoms with E-state index in [-0.39, 0.29) is 24.1 Å². The highest BCUT2D eigenvalue weighted by Gasteiger charge is 2.33. The Morgan fingerprint density at radius 3 is 2.74 bits per heavy atom. The maximum absolute atomic E-state index is 12.2. The van der Waals surface area contributed by atoms with Gasteiger partial charge in [-0.15, -0.1) is 0 Å². The number of hydrogen-bond donors (Lipinski definition) is 1. The highest BCUT2D eigenvalue weighted by molar-refractivity contribution is 7.89. The first-order valence-corrected chi connectivity index (χ1v) is 9.87. The number of rotatable bonds is 6. The quantitative estimate of drug-likeness (QED) is 0.838. The summed E-state index contributed by atoms with van der Waals surface area (Å²) in [7, 11) is -1.54. The lowest BCUT2D eigenvalue weighted by Gasteiger charge is -2.16. The zero-order valence-corrected chi connectivity index (χ0v) is 14.3. The average molecular weight is 340 g/mol. The summed E-state index contributed by atoms with van der Waals surface area (Å²) in [5, 5.41) is 4.05. The molecular formula is C15H24N4O3S. The molecule has 1 aromatic rings. The fraction of sp³-hybridized carbons (Fsp3) is 0.733. The molecule has 1 aliphatic carbocycles. The van der Waals surface area contributed by atoms with Crippen LogP contribution in [0.15, 0.2) is 12.4 Å². The van der Waals surface area contributed by atoms with Gasteiger partial charge >= 0.3 is 0 Å². The van der Waals surface area contributed by atoms with Gasteiger partial charge in [0.15, 0.2) is 0 Å². The molecule has 1 saturated carbocycles. The predicted molar refractivity (Wildman–Crippen MR) is 87.5 cm³/mol. The van der Waals surface area contributed by atoms with Crippen molar-refractivity contribution in [1.82, 2.24) is 14.5 Å². The van der Waals surface area contributed by atoms with E-state index in [1.54, 1.807) is 29.0 Å². The zero-order valence-electron chi connectivity index (χ0n) is 13.4. The van der Waals surface area contributed by atoms with Crippen molar-refractivity contribution in [2.24, 2.45) is 13.0 Å². The van der Waals surface area contributed by atoms with Crippen molar-refractivity contribution in [2.45, 2.75) is 44.6 Å². The molecular weight excluding hydrogens is 316 g/mol. The normalized spacial score (nSPS) is 23.1. The molecule has 2 heterocycles. The zero-order chi connectivity index (χ0) is 16.4. The Hall–Kier alpha value is -1.41. The second-order valence-electron chi connectivity index (χ2n) is 6.65. The first kappa shape index (κ1) is 16.4. The van der Waals surface area contributed by atoms with E-state index in [2.05, 4.69) is 9.82 Å². The third-order valence-corrected chi connectivity index (χ3v) is 6.21. The molecule has 0 aromatic carbocycles. The van der Waals surface area contributed by atoms with E-state index in [4.69, 9.17) is 0 Å². The van der Waals surface area contributed by atoms with Crippen LogP contribution >= 0.6 is 0 Å². The molecule has 0 bridgehead atoms. The second-order valence-corrected chi connectivity index (χ2v) is 8.53. The van der Waals surface area contributed by atoms with E-state index in [1.807, 2.05) is 0 Å². The van der Waals surface area contributed by atoms with Gasteiger partial charge in [-0.1, -0.05) is 25.7 Å². The molecule has 1 saturated heterocycles. The van der Waals surface area contributed by atoms with Crippen LogP contribution in [0, 0.1) is 5.92 Å². The summed E-state index contributed by atoms with van der Waals surface area (Å²) < 4.78 is 28.8. The van der Waals surface area contributed by atoms with Crippen molar-refractivity contribution in [3.05, 3.63) is 12.4 Å². The van der Waals surface area contributed by atoms with E-state index in [1.165, 1.54) is 12.8 Å². The molecule has 0 radical (unpaired) electrons. The molecule has 8 heteroatoms. The smallest absolute Gasteiger partial charge is 0.228 e. The third kappa shape index (κ3) is 4.11. The number of anilines is 1. The molecule has 2 aliphatic rings. The fourth-order valence-electron chi connectivity index (χ4n) is 3.52. The van der Waals surface area contributed by atoms with Gasteiger partial charge < -0.3 is 4.90 Å². The Morgan fingerprint density at radius 1 is 1.35 bits per heavy atom. The van der Waals surface area contributed by atoms with Crippen LogP contribution in [0.4, 0.5) is 5.69 Å². The Kier molecular flexibility index (Phi) is 4.72. The minimum atomic E-state index is -3.33. The number of aryl methyl sites for hydroxylation is 1. The standard InChI is InChI=1S/C15H24N4O3S/c1-18-11-14(9-16-18)19-10-13(8-15(19)20)17-23(21,22)7-6-12-4-2-3-5-12/h9,11-13,17H,2-8,10H2,1H3. The van der Waals surface area contributed by atoms with Gasteiger partial charge in [-0.3, -0.25) is 9.48 Å². The van der Waals surface area contributed by atoms with Gasteiger partial charge in [-0.25, -0.2) is 13.1 Å². The van der Waals surface area contributed by atoms with E-state index in [9.17, 15) is 13.2 Å². The molecule has 128 valence electrons. The van der Waals surface area contributed by atoms with E-state index < -0.39 is 10.0 Å². The number of sulfonamides is 1. The summed E-state index contributed by atoms with van der Waals surface area (Å²) in [5.41, 5.74) is 0.713. The third-order valence-electron chi connectivity index (χ3n) is 4.74. The molecule has 1 aliphatic heterocycles. The van der Waals surface area contributed by atoms with E-state index in [0.717, 1.165) is 19.3 Å². The Bertz CT molecular complexity index is 664. The highest BCUT2D eigenvalue weighted by Crippen LogP contribution is 2.28. The summed E-state index contributed by atoms with van der Waals surface area (Å²) >= 11 is 0. The van der Waals surface area contributed by atoms with Crippen LogP contribution in [-0.4, -0.2) is 42.4 Å². The average Bonchev–Trinajstić information content (AvgIpc) is 3.18. The largest absolute Gasteiger partial charge is 0.308 e. The second kappa shape index (κ2) is 6.60. The fourth-order valence-corrected chi connectivity index (χ4v) is 4.94. The van der Waals surface area contributed by atoms with Gasteiger partial charge in [0, 0.05) is 32.3 Å². The number of carbonyl (C=O) groups excluding carboxylic acids is 1. The Balaban J connectivity index is 1.54. The number of nitrogens with zero attached hydrogens (tertiary/aromatic N) is 3. The van der Waals surface area contributed by atoms with Gasteiger partial charge in [0.2, 0.25) is 15.9 Å². The molecule has 1 unspecified atom stereocenters. The summed E-state index contributed by atoms with van der Waals surface area (Å²) in [4.78, 5) is 13.7. The van der Waals surface area contributed by atoms with Crippen LogP contribution in [0.3, 0.4) is 0 Å². The van der Waals surface area contributed by atoms with Gasteiger partial charge in [-0.2, -0.15) is 5.10 Å². The van der Waals surface area contributed by atoms with E-state index in [0.29, 0.717) is 18.2 Å². The molecule has 3 rings (SSSR count). The maximum Gasteiger partial charge on any atom is 0.228 e. The predicted octanol–water partition coefficient (Wildman–Crippen LogP) is 1.03. The summed E-state index contributed by atoms with van der Waals surface area (Å²) in [6.45, 7) is 0.368. The minimum absolute atomic E-state index is 0.0681. The molecule has 0 spiro atoms. The first-order chi connectivity index (χ1) is 10.9. The monoisotopic (exact) mass is 340 g/mol.